The molecular weight excluding hydrogens is 296 g/mol. The Hall–Kier alpha value is -1.65. The molecule has 0 spiro atoms. The number of rotatable bonds is 5. The summed E-state index contributed by atoms with van der Waals surface area (Å²) in [6.45, 7) is 13.6. The van der Waals surface area contributed by atoms with Crippen LogP contribution in [0.2, 0.25) is 19.6 Å². The molecule has 0 aliphatic rings. The Kier molecular flexibility index (Phi) is 5.04. The van der Waals surface area contributed by atoms with Gasteiger partial charge in [-0.05, 0) is 12.1 Å². The second-order valence-electron chi connectivity index (χ2n) is 6.72. The van der Waals surface area contributed by atoms with Crippen LogP contribution in [-0.2, 0) is 0 Å². The summed E-state index contributed by atoms with van der Waals surface area (Å²) in [7, 11) is -3.32. The van der Waals surface area contributed by atoms with Gasteiger partial charge in [-0.1, -0.05) is 102 Å². The maximum atomic E-state index is 4.15. The van der Waals surface area contributed by atoms with Crippen molar-refractivity contribution in [1.82, 2.24) is 0 Å². The van der Waals surface area contributed by atoms with Crippen molar-refractivity contribution >= 4 is 26.5 Å². The van der Waals surface area contributed by atoms with E-state index in [1.54, 1.807) is 0 Å². The summed E-state index contributed by atoms with van der Waals surface area (Å²) in [6, 6.07) is 19.6. The van der Waals surface area contributed by atoms with E-state index >= 15 is 0 Å². The number of hydrogen-bond acceptors (Lipinski definition) is 0. The molecule has 1 unspecified atom stereocenters. The van der Waals surface area contributed by atoms with Crippen molar-refractivity contribution in [2.45, 2.75) is 26.6 Å². The fourth-order valence-corrected chi connectivity index (χ4v) is 9.01. The van der Waals surface area contributed by atoms with Crippen LogP contribution in [0.25, 0.3) is 0 Å². The number of aryl methyl sites for hydroxylation is 1. The van der Waals surface area contributed by atoms with Gasteiger partial charge in [-0.2, -0.15) is 0 Å². The minimum Gasteiger partial charge on any atom is -0.106 e. The van der Waals surface area contributed by atoms with E-state index in [0.29, 0.717) is 0 Å². The van der Waals surface area contributed by atoms with Gasteiger partial charge in [0.2, 0.25) is 0 Å². The first-order chi connectivity index (χ1) is 10.4. The highest BCUT2D eigenvalue weighted by Crippen LogP contribution is 2.13. The quantitative estimate of drug-likeness (QED) is 0.722. The van der Waals surface area contributed by atoms with Gasteiger partial charge in [0.15, 0.2) is 0 Å². The Morgan fingerprint density at radius 2 is 1.41 bits per heavy atom. The van der Waals surface area contributed by atoms with Crippen molar-refractivity contribution in [3.05, 3.63) is 83.8 Å². The van der Waals surface area contributed by atoms with Crippen molar-refractivity contribution in [3.63, 3.8) is 0 Å². The molecule has 0 saturated carbocycles. The summed E-state index contributed by atoms with van der Waals surface area (Å²) in [5.41, 5.74) is 8.56. The van der Waals surface area contributed by atoms with Gasteiger partial charge < -0.3 is 0 Å². The molecule has 0 heterocycles. The average molecular weight is 323 g/mol. The lowest BCUT2D eigenvalue weighted by Crippen LogP contribution is -2.45. The highest BCUT2D eigenvalue weighted by molar-refractivity contribution is 7.01. The summed E-state index contributed by atoms with van der Waals surface area (Å²) in [5, 5.41) is 2.95. The molecule has 0 nitrogen and oxygen atoms in total. The SMILES string of the molecule is C=C[Si](C)(/C=C/[Si](C)(C)c1ccccc1)c1ccccc1C. The smallest absolute Gasteiger partial charge is 0.106 e. The topological polar surface area (TPSA) is 0 Å². The molecule has 114 valence electrons. The van der Waals surface area contributed by atoms with Gasteiger partial charge in [0.1, 0.15) is 16.1 Å². The molecule has 0 radical (unpaired) electrons. The van der Waals surface area contributed by atoms with E-state index in [1.807, 2.05) is 0 Å². The summed E-state index contributed by atoms with van der Waals surface area (Å²) in [5.74, 6) is 0. The number of benzene rings is 2. The van der Waals surface area contributed by atoms with Crippen LogP contribution in [0, 0.1) is 6.92 Å². The molecule has 0 aliphatic carbocycles. The minimum absolute atomic E-state index is 1.38. The van der Waals surface area contributed by atoms with Gasteiger partial charge in [-0.25, -0.2) is 0 Å². The zero-order valence-corrected chi connectivity index (χ0v) is 16.1. The molecular formula is C20H26Si2. The van der Waals surface area contributed by atoms with E-state index in [9.17, 15) is 0 Å². The lowest BCUT2D eigenvalue weighted by Gasteiger charge is -2.25. The van der Waals surface area contributed by atoms with Crippen LogP contribution in [0.5, 0.6) is 0 Å². The van der Waals surface area contributed by atoms with Crippen LogP contribution in [0.3, 0.4) is 0 Å². The summed E-state index contributed by atoms with van der Waals surface area (Å²) < 4.78 is 0. The summed E-state index contributed by atoms with van der Waals surface area (Å²) in [4.78, 5) is 0. The van der Waals surface area contributed by atoms with E-state index < -0.39 is 16.1 Å². The third kappa shape index (κ3) is 3.57. The van der Waals surface area contributed by atoms with Gasteiger partial charge >= 0.3 is 0 Å². The third-order valence-corrected chi connectivity index (χ3v) is 11.1. The molecule has 1 atom stereocenters. The molecule has 0 fully saturated rings. The normalized spacial score (nSPS) is 14.7. The minimum atomic E-state index is -1.77. The molecule has 2 aromatic rings. The fraction of sp³-hybridized carbons (Fsp3) is 0.200. The zero-order valence-electron chi connectivity index (χ0n) is 14.1. The lowest BCUT2D eigenvalue weighted by atomic mass is 10.2. The van der Waals surface area contributed by atoms with Crippen LogP contribution in [-0.4, -0.2) is 16.1 Å². The molecule has 0 aromatic heterocycles. The maximum absolute atomic E-state index is 4.15. The molecule has 22 heavy (non-hydrogen) atoms. The molecule has 2 rings (SSSR count). The van der Waals surface area contributed by atoms with E-state index in [4.69, 9.17) is 0 Å². The van der Waals surface area contributed by atoms with Crippen LogP contribution >= 0.6 is 0 Å². The average Bonchev–Trinajstić information content (AvgIpc) is 2.54. The van der Waals surface area contributed by atoms with Gasteiger partial charge in [0.05, 0.1) is 0 Å². The lowest BCUT2D eigenvalue weighted by molar-refractivity contribution is 1.50. The van der Waals surface area contributed by atoms with Crippen LogP contribution in [0.1, 0.15) is 5.56 Å². The summed E-state index contributed by atoms with van der Waals surface area (Å²) >= 11 is 0. The molecule has 0 saturated heterocycles. The van der Waals surface area contributed by atoms with Crippen molar-refractivity contribution in [2.75, 3.05) is 0 Å². The van der Waals surface area contributed by atoms with Gasteiger partial charge in [0.25, 0.3) is 0 Å². The molecule has 0 N–H and O–H groups in total. The van der Waals surface area contributed by atoms with E-state index in [-0.39, 0.29) is 0 Å². The molecule has 2 aromatic carbocycles. The molecule has 0 bridgehead atoms. The monoisotopic (exact) mass is 322 g/mol. The predicted octanol–water partition coefficient (Wildman–Crippen LogP) is 4.26. The van der Waals surface area contributed by atoms with Gasteiger partial charge in [-0.15, -0.1) is 6.58 Å². The highest BCUT2D eigenvalue weighted by atomic mass is 28.3. The first-order valence-corrected chi connectivity index (χ1v) is 13.6. The third-order valence-electron chi connectivity index (χ3n) is 4.51. The Labute approximate surface area is 137 Å². The van der Waals surface area contributed by atoms with Crippen LogP contribution < -0.4 is 10.4 Å². The molecule has 2 heteroatoms. The van der Waals surface area contributed by atoms with Crippen molar-refractivity contribution in [2.24, 2.45) is 0 Å². The fourth-order valence-electron chi connectivity index (χ4n) is 2.79. The van der Waals surface area contributed by atoms with E-state index in [2.05, 4.69) is 105 Å². The Morgan fingerprint density at radius 1 is 0.818 bits per heavy atom. The first-order valence-electron chi connectivity index (χ1n) is 7.85. The maximum Gasteiger partial charge on any atom is 0.129 e. The predicted molar refractivity (Wildman–Crippen MR) is 105 cm³/mol. The van der Waals surface area contributed by atoms with Crippen LogP contribution in [0.4, 0.5) is 0 Å². The van der Waals surface area contributed by atoms with Crippen molar-refractivity contribution in [3.8, 4) is 0 Å². The Balaban J connectivity index is 2.38. The second kappa shape index (κ2) is 6.63. The second-order valence-corrected chi connectivity index (χ2v) is 14.9. The Morgan fingerprint density at radius 3 is 2.00 bits per heavy atom. The van der Waals surface area contributed by atoms with Gasteiger partial charge in [0, 0.05) is 0 Å². The molecule has 0 amide bonds. The van der Waals surface area contributed by atoms with Crippen molar-refractivity contribution in [1.29, 1.82) is 0 Å². The van der Waals surface area contributed by atoms with E-state index in [0.717, 1.165) is 0 Å². The van der Waals surface area contributed by atoms with Gasteiger partial charge in [-0.3, -0.25) is 0 Å². The van der Waals surface area contributed by atoms with Crippen molar-refractivity contribution < 1.29 is 0 Å². The number of hydrogen-bond donors (Lipinski definition) is 0. The van der Waals surface area contributed by atoms with Crippen LogP contribution in [0.15, 0.2) is 78.3 Å². The molecule has 0 aliphatic heterocycles. The largest absolute Gasteiger partial charge is 0.129 e. The first kappa shape index (κ1) is 16.7. The standard InChI is InChI=1S/C20H26Si2/c1-6-22(5,20-15-11-10-12-18(20)2)17-16-21(3,4)19-13-8-7-9-14-19/h6-17H,1H2,2-5H3/b17-16+. The summed E-state index contributed by atoms with van der Waals surface area (Å²) in [6.07, 6.45) is 0. The highest BCUT2D eigenvalue weighted by Gasteiger charge is 2.27. The van der Waals surface area contributed by atoms with E-state index in [1.165, 1.54) is 15.9 Å². The Bertz CT molecular complexity index is 671. The zero-order chi connectivity index (χ0) is 16.2.